The number of fused-ring (bicyclic) bond motifs is 3. The van der Waals surface area contributed by atoms with E-state index in [0.29, 0.717) is 17.8 Å². The Morgan fingerprint density at radius 1 is 0.573 bits per heavy atom. The summed E-state index contributed by atoms with van der Waals surface area (Å²) in [6, 6.07) is 47.2. The number of hydrogen-bond donors (Lipinski definition) is 1. The first-order chi connectivity index (χ1) is 36.4. The van der Waals surface area contributed by atoms with Crippen LogP contribution in [-0.4, -0.2) is 16.4 Å². The number of aliphatic imine (C=N–C) groups is 1. The van der Waals surface area contributed by atoms with Gasteiger partial charge in [-0.2, -0.15) is 0 Å². The molecule has 3 nitrogen and oxygen atoms in total. The van der Waals surface area contributed by atoms with Gasteiger partial charge in [0.15, 0.2) is 0 Å². The first-order valence-corrected chi connectivity index (χ1v) is 27.7. The smallest absolute Gasteiger partial charge is 0.130 e. The Balaban J connectivity index is 1.08. The minimum absolute atomic E-state index is 0.0641. The molecule has 2 heterocycles. The molecular weight excluding hydrogens is 907 g/mol. The van der Waals surface area contributed by atoms with Crippen molar-refractivity contribution in [2.24, 2.45) is 39.5 Å². The topological polar surface area (TPSA) is 29.3 Å². The number of nitrogens with zero attached hydrogens (tertiary/aromatic N) is 2. The second-order valence-corrected chi connectivity index (χ2v) is 23.9. The van der Waals surface area contributed by atoms with Gasteiger partial charge in [0.1, 0.15) is 5.84 Å². The van der Waals surface area contributed by atoms with Crippen LogP contribution in [0.4, 0.5) is 0 Å². The van der Waals surface area contributed by atoms with Crippen molar-refractivity contribution < 1.29 is 0 Å². The van der Waals surface area contributed by atoms with Crippen molar-refractivity contribution in [3.05, 3.63) is 258 Å². The number of aromatic nitrogens is 1. The van der Waals surface area contributed by atoms with E-state index in [0.717, 1.165) is 43.6 Å². The number of allylic oxidation sites excluding steroid dienone is 17. The minimum Gasteiger partial charge on any atom is -0.363 e. The zero-order chi connectivity index (χ0) is 51.3. The highest BCUT2D eigenvalue weighted by Crippen LogP contribution is 2.50. The summed E-state index contributed by atoms with van der Waals surface area (Å²) in [7, 11) is 0. The molecule has 0 saturated carbocycles. The molecule has 0 fully saturated rings. The number of benzene rings is 5. The fraction of sp³-hybridized carbons (Fsp3) is 0.264. The fourth-order valence-corrected chi connectivity index (χ4v) is 12.5. The Hall–Kier alpha value is -7.49. The highest BCUT2D eigenvalue weighted by atomic mass is 15.1. The molecular formula is C72H71N3. The molecule has 1 aliphatic heterocycles. The van der Waals surface area contributed by atoms with Gasteiger partial charge < -0.3 is 9.88 Å². The molecule has 5 aromatic carbocycles. The van der Waals surface area contributed by atoms with E-state index in [1.54, 1.807) is 0 Å². The van der Waals surface area contributed by atoms with Crippen molar-refractivity contribution in [1.29, 1.82) is 0 Å². The summed E-state index contributed by atoms with van der Waals surface area (Å²) >= 11 is 0. The van der Waals surface area contributed by atoms with Crippen LogP contribution in [0.25, 0.3) is 49.8 Å². The number of hydrogen-bond acceptors (Lipinski definition) is 2. The molecule has 0 spiro atoms. The monoisotopic (exact) mass is 978 g/mol. The number of nitrogens with one attached hydrogen (secondary N) is 1. The van der Waals surface area contributed by atoms with Crippen LogP contribution in [0.3, 0.4) is 0 Å². The third-order valence-electron chi connectivity index (χ3n) is 16.9. The number of amidine groups is 1. The second-order valence-electron chi connectivity index (χ2n) is 23.9. The third-order valence-corrected chi connectivity index (χ3v) is 16.9. The van der Waals surface area contributed by atoms with E-state index in [2.05, 4.69) is 270 Å². The van der Waals surface area contributed by atoms with Crippen molar-refractivity contribution in [1.82, 2.24) is 9.88 Å². The van der Waals surface area contributed by atoms with Gasteiger partial charge in [-0.3, -0.25) is 0 Å². The molecule has 0 radical (unpaired) electrons. The molecule has 0 bridgehead atoms. The summed E-state index contributed by atoms with van der Waals surface area (Å²) in [6.07, 6.45) is 41.0. The predicted octanol–water partition coefficient (Wildman–Crippen LogP) is 18.4. The lowest BCUT2D eigenvalue weighted by molar-refractivity contribution is 0.293. The van der Waals surface area contributed by atoms with Crippen LogP contribution < -0.4 is 5.32 Å². The van der Waals surface area contributed by atoms with Crippen LogP contribution in [-0.2, 0) is 0 Å². The van der Waals surface area contributed by atoms with Gasteiger partial charge in [0.2, 0.25) is 0 Å². The summed E-state index contributed by atoms with van der Waals surface area (Å²) in [5, 5.41) is 6.67. The van der Waals surface area contributed by atoms with Gasteiger partial charge in [-0.15, -0.1) is 0 Å². The molecule has 0 amide bonds. The lowest BCUT2D eigenvalue weighted by Gasteiger charge is -2.38. The highest BCUT2D eigenvalue weighted by molar-refractivity contribution is 6.13. The Morgan fingerprint density at radius 3 is 1.79 bits per heavy atom. The zero-order valence-corrected chi connectivity index (χ0v) is 44.7. The molecule has 12 rings (SSSR count). The summed E-state index contributed by atoms with van der Waals surface area (Å²) in [5.74, 6) is 2.50. The lowest BCUT2D eigenvalue weighted by atomic mass is 9.71. The number of rotatable bonds is 9. The molecule has 75 heavy (non-hydrogen) atoms. The van der Waals surface area contributed by atoms with Gasteiger partial charge in [0.05, 0.1) is 22.8 Å². The zero-order valence-electron chi connectivity index (χ0n) is 44.7. The largest absolute Gasteiger partial charge is 0.363 e. The summed E-state index contributed by atoms with van der Waals surface area (Å²) in [6.45, 7) is 14.2. The maximum absolute atomic E-state index is 5.72. The standard InChI is InChI=1S/C72H71N3/c1-71(2,3)59-37-31-52(32-38-59)61-45-58(70-73-65(54-25-17-10-18-26-54)47-66(74-70)55-29-27-51(28-30-55)48-19-11-7-12-20-48)46-62(53-33-39-60(40-34-53)72(4,5)6)69(61)75-67-41-35-56(49-21-13-8-14-22-49)43-63(67)64-44-57(36-42-68(64)75)50-23-15-9-16-24-50/h7-25,27,29-33,35-37,39-45,47,51,53-54,59,62,65H,26,28,34,38,46H2,1-6H3,(H,73,74)/t51?,53-,54?,59?,62?,65?/m1/s1. The average Bonchev–Trinajstić information content (AvgIpc) is 3.79. The van der Waals surface area contributed by atoms with Crippen molar-refractivity contribution in [3.63, 3.8) is 0 Å². The average molecular weight is 978 g/mol. The van der Waals surface area contributed by atoms with Crippen molar-refractivity contribution in [3.8, 4) is 22.3 Å². The summed E-state index contributed by atoms with van der Waals surface area (Å²) in [4.78, 5) is 5.72. The molecule has 6 aromatic rings. The minimum atomic E-state index is 0.0641. The van der Waals surface area contributed by atoms with Gasteiger partial charge in [-0.05, 0) is 141 Å². The Labute approximate surface area is 446 Å². The first kappa shape index (κ1) is 48.4. The molecule has 0 saturated heterocycles. The Morgan fingerprint density at radius 2 is 1.23 bits per heavy atom. The normalized spacial score (nSPS) is 23.9. The van der Waals surface area contributed by atoms with Crippen LogP contribution >= 0.6 is 0 Å². The Kier molecular flexibility index (Phi) is 12.9. The van der Waals surface area contributed by atoms with Gasteiger partial charge in [-0.25, -0.2) is 4.99 Å². The van der Waals surface area contributed by atoms with Crippen LogP contribution in [0.15, 0.2) is 257 Å². The first-order valence-electron chi connectivity index (χ1n) is 27.7. The molecule has 5 aliphatic carbocycles. The third kappa shape index (κ3) is 9.75. The van der Waals surface area contributed by atoms with E-state index in [4.69, 9.17) is 4.99 Å². The maximum atomic E-state index is 5.72. The van der Waals surface area contributed by atoms with Crippen molar-refractivity contribution >= 4 is 33.3 Å². The Bertz CT molecular complexity index is 3460. The van der Waals surface area contributed by atoms with E-state index in [1.165, 1.54) is 83.2 Å². The van der Waals surface area contributed by atoms with E-state index in [1.807, 2.05) is 0 Å². The van der Waals surface area contributed by atoms with Gasteiger partial charge in [0.25, 0.3) is 0 Å². The summed E-state index contributed by atoms with van der Waals surface area (Å²) < 4.78 is 2.69. The highest BCUT2D eigenvalue weighted by Gasteiger charge is 2.38. The van der Waals surface area contributed by atoms with E-state index < -0.39 is 0 Å². The second kappa shape index (κ2) is 20.0. The molecule has 1 aromatic heterocycles. The maximum Gasteiger partial charge on any atom is 0.130 e. The van der Waals surface area contributed by atoms with Crippen molar-refractivity contribution in [2.45, 2.75) is 85.6 Å². The van der Waals surface area contributed by atoms with Gasteiger partial charge in [0, 0.05) is 39.8 Å². The molecule has 6 atom stereocenters. The molecule has 3 heteroatoms. The molecule has 374 valence electrons. The SMILES string of the molecule is CC(C)(C)C1=CC[C@H](C2CC(C3=NC(C4=CCC(c5ccccc5)C=C4)=CC(C4C=CC=CC4)N3)=CC(C3=CCC(C(C)(C)C)C=C3)=C2n2c3ccc(-c4ccccc4)cc3c3cc(-c4ccccc4)ccc32)C=C1. The van der Waals surface area contributed by atoms with Crippen molar-refractivity contribution in [2.75, 3.05) is 0 Å². The van der Waals surface area contributed by atoms with E-state index in [-0.39, 0.29) is 28.7 Å². The van der Waals surface area contributed by atoms with Crippen LogP contribution in [0.1, 0.15) is 85.1 Å². The molecule has 6 aliphatic rings. The van der Waals surface area contributed by atoms with Crippen LogP contribution in [0.5, 0.6) is 0 Å². The van der Waals surface area contributed by atoms with Crippen LogP contribution in [0.2, 0.25) is 0 Å². The predicted molar refractivity (Wildman–Crippen MR) is 319 cm³/mol. The lowest BCUT2D eigenvalue weighted by Crippen LogP contribution is -2.43. The van der Waals surface area contributed by atoms with Crippen LogP contribution in [0, 0.1) is 34.5 Å². The van der Waals surface area contributed by atoms with Gasteiger partial charge in [-0.1, -0.05) is 224 Å². The quantitative estimate of drug-likeness (QED) is 0.154. The fourth-order valence-electron chi connectivity index (χ4n) is 12.5. The molecule has 5 unspecified atom stereocenters. The van der Waals surface area contributed by atoms with E-state index >= 15 is 0 Å². The van der Waals surface area contributed by atoms with Gasteiger partial charge >= 0.3 is 0 Å². The van der Waals surface area contributed by atoms with E-state index in [9.17, 15) is 0 Å². The summed E-state index contributed by atoms with van der Waals surface area (Å²) in [5.41, 5.74) is 17.9. The molecule has 1 N–H and O–H groups in total.